The van der Waals surface area contributed by atoms with Crippen LogP contribution in [0.15, 0.2) is 111 Å². The van der Waals surface area contributed by atoms with Gasteiger partial charge in [-0.1, -0.05) is 105 Å². The molecule has 52 heavy (non-hydrogen) atoms. The molecule has 5 aliphatic rings. The Hall–Kier alpha value is -3.84. The monoisotopic (exact) mass is 709 g/mol. The van der Waals surface area contributed by atoms with E-state index >= 15 is 0 Å². The zero-order valence-corrected chi connectivity index (χ0v) is 32.0. The topological polar surface area (TPSA) is 106 Å². The Bertz CT molecular complexity index is 1550. The highest BCUT2D eigenvalue weighted by atomic mass is 16.6. The summed E-state index contributed by atoms with van der Waals surface area (Å²) < 4.78 is 11.4. The van der Waals surface area contributed by atoms with Gasteiger partial charge in [0, 0.05) is 30.4 Å². The fourth-order valence-corrected chi connectivity index (χ4v) is 7.74. The predicted molar refractivity (Wildman–Crippen MR) is 214 cm³/mol. The number of nitrogens with two attached hydrogens (primary N) is 1. The van der Waals surface area contributed by atoms with Gasteiger partial charge in [0.15, 0.2) is 6.10 Å². The number of carbonyl (C=O) groups excluding carboxylic acids is 1. The molecule has 282 valence electrons. The van der Waals surface area contributed by atoms with Gasteiger partial charge in [-0.25, -0.2) is 9.79 Å². The molecule has 0 saturated carbocycles. The van der Waals surface area contributed by atoms with E-state index in [1.54, 1.807) is 13.0 Å². The Balaban J connectivity index is 1.23. The highest BCUT2D eigenvalue weighted by Crippen LogP contribution is 2.33. The molecule has 4 N–H and O–H groups in total. The second-order valence-electron chi connectivity index (χ2n) is 15.0. The first kappa shape index (κ1) is 39.4. The van der Waals surface area contributed by atoms with Crippen molar-refractivity contribution in [3.63, 3.8) is 0 Å². The molecule has 0 saturated heterocycles. The van der Waals surface area contributed by atoms with Crippen molar-refractivity contribution in [3.8, 4) is 0 Å². The molecule has 7 nitrogen and oxygen atoms in total. The number of allylic oxidation sites excluding steroid dienone is 14. The Kier molecular flexibility index (Phi) is 15.5. The summed E-state index contributed by atoms with van der Waals surface area (Å²) in [6.45, 7) is 6.40. The zero-order chi connectivity index (χ0) is 36.7. The summed E-state index contributed by atoms with van der Waals surface area (Å²) in [5.74, 6) is 1.68. The van der Waals surface area contributed by atoms with Crippen LogP contribution >= 0.6 is 0 Å². The SMILES string of the molecule is CCCCCCCCOC(=O)C(C)OC1=CC(O)=C(C(C)NC(N=C(N)C2CC=C(C3=CCCC=C3)CC2)C2=CCC(C3=CC=CCC3)C=C2)CC1. The second-order valence-corrected chi connectivity index (χ2v) is 15.0. The van der Waals surface area contributed by atoms with Crippen molar-refractivity contribution in [2.24, 2.45) is 22.6 Å². The first-order chi connectivity index (χ1) is 25.3. The van der Waals surface area contributed by atoms with Crippen molar-refractivity contribution in [3.05, 3.63) is 106 Å². The van der Waals surface area contributed by atoms with Gasteiger partial charge in [-0.2, -0.15) is 0 Å². The minimum absolute atomic E-state index is 0.167. The Morgan fingerprint density at radius 2 is 1.83 bits per heavy atom. The third-order valence-electron chi connectivity index (χ3n) is 11.0. The quantitative estimate of drug-likeness (QED) is 0.0566. The van der Waals surface area contributed by atoms with Gasteiger partial charge in [-0.05, 0) is 100 Å². The number of hydrogen-bond acceptors (Lipinski definition) is 6. The molecule has 5 rings (SSSR count). The van der Waals surface area contributed by atoms with Gasteiger partial charge in [0.1, 0.15) is 17.7 Å². The molecular weight excluding hydrogens is 647 g/mol. The third kappa shape index (κ3) is 11.6. The first-order valence-electron chi connectivity index (χ1n) is 20.2. The molecule has 0 aromatic carbocycles. The average molecular weight is 710 g/mol. The highest BCUT2D eigenvalue weighted by molar-refractivity contribution is 5.83. The van der Waals surface area contributed by atoms with Gasteiger partial charge < -0.3 is 20.3 Å². The molecule has 0 aromatic rings. The molecule has 0 bridgehead atoms. The first-order valence-corrected chi connectivity index (χ1v) is 20.2. The van der Waals surface area contributed by atoms with Crippen LogP contribution in [0.2, 0.25) is 0 Å². The van der Waals surface area contributed by atoms with Crippen LogP contribution in [0.1, 0.15) is 124 Å². The number of esters is 1. The van der Waals surface area contributed by atoms with Crippen LogP contribution in [-0.4, -0.2) is 41.8 Å². The summed E-state index contributed by atoms with van der Waals surface area (Å²) in [5.41, 5.74) is 13.1. The lowest BCUT2D eigenvalue weighted by molar-refractivity contribution is -0.154. The molecule has 0 aliphatic heterocycles. The van der Waals surface area contributed by atoms with Crippen molar-refractivity contribution < 1.29 is 19.4 Å². The van der Waals surface area contributed by atoms with E-state index < -0.39 is 6.10 Å². The molecule has 5 atom stereocenters. The summed E-state index contributed by atoms with van der Waals surface area (Å²) in [7, 11) is 0. The van der Waals surface area contributed by atoms with Crippen molar-refractivity contribution in [1.29, 1.82) is 0 Å². The highest BCUT2D eigenvalue weighted by Gasteiger charge is 2.27. The number of nitrogens with one attached hydrogen (secondary N) is 1. The van der Waals surface area contributed by atoms with Crippen molar-refractivity contribution in [2.75, 3.05) is 6.61 Å². The van der Waals surface area contributed by atoms with Crippen LogP contribution in [0.25, 0.3) is 0 Å². The van der Waals surface area contributed by atoms with Crippen LogP contribution in [0.4, 0.5) is 0 Å². The number of rotatable bonds is 18. The van der Waals surface area contributed by atoms with Crippen molar-refractivity contribution >= 4 is 11.8 Å². The molecule has 0 aromatic heterocycles. The Morgan fingerprint density at radius 1 is 0.981 bits per heavy atom. The number of hydrogen-bond donors (Lipinski definition) is 3. The molecule has 0 heterocycles. The molecule has 5 unspecified atom stereocenters. The molecule has 0 amide bonds. The lowest BCUT2D eigenvalue weighted by Gasteiger charge is -2.30. The van der Waals surface area contributed by atoms with Crippen molar-refractivity contribution in [2.45, 2.75) is 142 Å². The number of aliphatic imine (C=N–C) groups is 1. The largest absolute Gasteiger partial charge is 0.508 e. The lowest BCUT2D eigenvalue weighted by Crippen LogP contribution is -2.41. The summed E-state index contributed by atoms with van der Waals surface area (Å²) in [6, 6.07) is -0.167. The van der Waals surface area contributed by atoms with Gasteiger partial charge in [-0.3, -0.25) is 5.32 Å². The number of nitrogens with zero attached hydrogens (tertiary/aromatic N) is 1. The number of ether oxygens (including phenoxy) is 2. The Labute approximate surface area is 313 Å². The van der Waals surface area contributed by atoms with E-state index in [9.17, 15) is 9.90 Å². The van der Waals surface area contributed by atoms with Gasteiger partial charge in [0.2, 0.25) is 0 Å². The van der Waals surface area contributed by atoms with E-state index in [4.69, 9.17) is 20.2 Å². The standard InChI is InChI=1S/C45H63N3O4/c1-4-5-6-7-8-15-30-51-45(50)33(3)52-40-28-29-41(42(49)31-40)32(2)47-44(39-26-22-37(23-27-39)35-18-13-10-14-19-35)48-43(46)38-24-20-36(21-25-38)34-16-11-9-12-17-34/h10-11,13,16-18,20,22,26-27,31-33,37-38,44,47,49H,4-9,12,14-15,19,21,23-25,28-30H2,1-3H3,(H2,46,48). The minimum Gasteiger partial charge on any atom is -0.508 e. The maximum atomic E-state index is 12.6. The van der Waals surface area contributed by atoms with E-state index in [1.165, 1.54) is 42.4 Å². The van der Waals surface area contributed by atoms with E-state index in [-0.39, 0.29) is 29.9 Å². The number of aliphatic hydroxyl groups is 1. The number of aliphatic hydroxyl groups excluding tert-OH is 1. The molecule has 7 heteroatoms. The molecule has 0 spiro atoms. The van der Waals surface area contributed by atoms with Crippen LogP contribution in [0.3, 0.4) is 0 Å². The number of carbonyl (C=O) groups is 1. The molecule has 0 fully saturated rings. The van der Waals surface area contributed by atoms with E-state index in [0.29, 0.717) is 37.0 Å². The van der Waals surface area contributed by atoms with Crippen LogP contribution < -0.4 is 11.1 Å². The fraction of sp³-hybridized carbons (Fsp3) is 0.556. The predicted octanol–water partition coefficient (Wildman–Crippen LogP) is 10.2. The normalized spacial score (nSPS) is 23.9. The lowest BCUT2D eigenvalue weighted by atomic mass is 9.84. The summed E-state index contributed by atoms with van der Waals surface area (Å²) in [4.78, 5) is 17.7. The van der Waals surface area contributed by atoms with Gasteiger partial charge in [0.25, 0.3) is 0 Å². The number of unbranched alkanes of at least 4 members (excludes halogenated alkanes) is 5. The smallest absolute Gasteiger partial charge is 0.347 e. The summed E-state index contributed by atoms with van der Waals surface area (Å²) >= 11 is 0. The van der Waals surface area contributed by atoms with Crippen LogP contribution in [0, 0.1) is 11.8 Å². The maximum absolute atomic E-state index is 12.6. The van der Waals surface area contributed by atoms with Gasteiger partial charge >= 0.3 is 5.97 Å². The van der Waals surface area contributed by atoms with Gasteiger partial charge in [0.05, 0.1) is 12.4 Å². The summed E-state index contributed by atoms with van der Waals surface area (Å²) in [6.07, 6.45) is 39.6. The third-order valence-corrected chi connectivity index (χ3v) is 11.0. The minimum atomic E-state index is -0.728. The van der Waals surface area contributed by atoms with Crippen molar-refractivity contribution in [1.82, 2.24) is 5.32 Å². The molecule has 5 aliphatic carbocycles. The van der Waals surface area contributed by atoms with E-state index in [1.807, 2.05) is 0 Å². The van der Waals surface area contributed by atoms with Crippen LogP contribution in [0.5, 0.6) is 0 Å². The van der Waals surface area contributed by atoms with Crippen LogP contribution in [-0.2, 0) is 14.3 Å². The average Bonchev–Trinajstić information content (AvgIpc) is 3.18. The number of amidine groups is 1. The maximum Gasteiger partial charge on any atom is 0.347 e. The zero-order valence-electron chi connectivity index (χ0n) is 32.0. The molecular formula is C45H63N3O4. The van der Waals surface area contributed by atoms with Gasteiger partial charge in [-0.15, -0.1) is 0 Å². The summed E-state index contributed by atoms with van der Waals surface area (Å²) in [5, 5.41) is 14.9. The van der Waals surface area contributed by atoms with E-state index in [2.05, 4.69) is 79.9 Å². The fourth-order valence-electron chi connectivity index (χ4n) is 7.74. The van der Waals surface area contributed by atoms with E-state index in [0.717, 1.165) is 75.4 Å². The molecule has 0 radical (unpaired) electrons. The Morgan fingerprint density at radius 3 is 2.52 bits per heavy atom. The second kappa shape index (κ2) is 20.4.